The molecule has 0 spiro atoms. The van der Waals surface area contributed by atoms with Crippen LogP contribution in [0, 0.1) is 0 Å². The number of carbonyl (C=O) groups excluding carboxylic acids is 1. The molecule has 0 unspecified atom stereocenters. The minimum atomic E-state index is -3.74. The van der Waals surface area contributed by atoms with E-state index in [0.717, 1.165) is 0 Å². The number of nitrogens with one attached hydrogen (secondary N) is 2. The molecule has 0 aliphatic heterocycles. The minimum Gasteiger partial charge on any atom is -0.449 e. The third-order valence-electron chi connectivity index (χ3n) is 1.75. The Morgan fingerprint density at radius 2 is 1.94 bits per heavy atom. The fourth-order valence-corrected chi connectivity index (χ4v) is 1.80. The van der Waals surface area contributed by atoms with Gasteiger partial charge < -0.3 is 10.1 Å². The first-order valence-corrected chi connectivity index (χ1v) is 6.65. The van der Waals surface area contributed by atoms with Gasteiger partial charge in [0, 0.05) is 5.69 Å². The molecule has 0 atom stereocenters. The Kier molecular flexibility index (Phi) is 4.77. The van der Waals surface area contributed by atoms with Crippen LogP contribution in [0.1, 0.15) is 6.92 Å². The third kappa shape index (κ3) is 5.21. The summed E-state index contributed by atoms with van der Waals surface area (Å²) >= 11 is 0. The van der Waals surface area contributed by atoms with Crippen molar-refractivity contribution >= 4 is 21.8 Å². The lowest BCUT2D eigenvalue weighted by molar-refractivity contribution is 0.158. The van der Waals surface area contributed by atoms with E-state index in [1.807, 2.05) is 6.07 Å². The minimum absolute atomic E-state index is 0.119. The Bertz CT molecular complexity index is 458. The summed E-state index contributed by atoms with van der Waals surface area (Å²) in [6.07, 6.45) is -0.970. The molecule has 2 N–H and O–H groups in total. The molecule has 0 aliphatic rings. The summed E-state index contributed by atoms with van der Waals surface area (Å²) in [7, 11) is -3.74. The van der Waals surface area contributed by atoms with Crippen molar-refractivity contribution in [2.75, 3.05) is 17.8 Å². The van der Waals surface area contributed by atoms with Gasteiger partial charge in [-0.05, 0) is 19.1 Å². The lowest BCUT2D eigenvalue weighted by Crippen LogP contribution is -2.35. The number of carbonyl (C=O) groups is 1. The highest BCUT2D eigenvalue weighted by molar-refractivity contribution is 7.90. The quantitative estimate of drug-likeness (QED) is 0.827. The molecule has 0 aliphatic carbocycles. The number of para-hydroxylation sites is 1. The molecule has 0 bridgehead atoms. The van der Waals surface area contributed by atoms with Crippen molar-refractivity contribution in [1.82, 2.24) is 4.72 Å². The third-order valence-corrected chi connectivity index (χ3v) is 2.76. The first kappa shape index (κ1) is 13.3. The van der Waals surface area contributed by atoms with Crippen LogP contribution in [0.3, 0.4) is 0 Å². The van der Waals surface area contributed by atoms with Gasteiger partial charge in [-0.25, -0.2) is 17.9 Å². The van der Waals surface area contributed by atoms with Gasteiger partial charge in [0.05, 0.1) is 6.61 Å². The van der Waals surface area contributed by atoms with E-state index in [2.05, 4.69) is 10.1 Å². The summed E-state index contributed by atoms with van der Waals surface area (Å²) in [6.45, 7) is 1.71. The summed E-state index contributed by atoms with van der Waals surface area (Å²) in [5.74, 6) is -0.393. The molecular weight excluding hydrogens is 244 g/mol. The second-order valence-corrected chi connectivity index (χ2v) is 4.85. The van der Waals surface area contributed by atoms with Gasteiger partial charge in [0.2, 0.25) is 0 Å². The highest BCUT2D eigenvalue weighted by Gasteiger charge is 2.14. The molecule has 94 valence electrons. The van der Waals surface area contributed by atoms with E-state index in [-0.39, 0.29) is 6.61 Å². The molecule has 0 radical (unpaired) electrons. The fourth-order valence-electron chi connectivity index (χ4n) is 1.06. The summed E-state index contributed by atoms with van der Waals surface area (Å²) in [6, 6.07) is 8.80. The van der Waals surface area contributed by atoms with E-state index in [1.54, 1.807) is 35.9 Å². The number of rotatable bonds is 5. The fraction of sp³-hybridized carbons (Fsp3) is 0.300. The van der Waals surface area contributed by atoms with Gasteiger partial charge >= 0.3 is 6.09 Å². The molecule has 1 rings (SSSR count). The number of hydrogen-bond donors (Lipinski definition) is 2. The maximum Gasteiger partial charge on any atom is 0.420 e. The van der Waals surface area contributed by atoms with Crippen LogP contribution in [0.5, 0.6) is 0 Å². The first-order valence-electron chi connectivity index (χ1n) is 4.99. The van der Waals surface area contributed by atoms with Gasteiger partial charge in [-0.1, -0.05) is 18.2 Å². The largest absolute Gasteiger partial charge is 0.449 e. The number of amides is 1. The molecule has 1 aromatic rings. The number of hydrogen-bond acceptors (Lipinski definition) is 5. The number of ether oxygens (including phenoxy) is 1. The van der Waals surface area contributed by atoms with Gasteiger partial charge in [0.1, 0.15) is 5.88 Å². The zero-order valence-corrected chi connectivity index (χ0v) is 10.2. The molecule has 17 heavy (non-hydrogen) atoms. The van der Waals surface area contributed by atoms with Gasteiger partial charge in [-0.3, -0.25) is 0 Å². The molecule has 0 aromatic heterocycles. The van der Waals surface area contributed by atoms with E-state index in [4.69, 9.17) is 0 Å². The molecule has 0 heterocycles. The van der Waals surface area contributed by atoms with Crippen molar-refractivity contribution in [1.29, 1.82) is 0 Å². The normalized spacial score (nSPS) is 10.6. The molecule has 1 aromatic carbocycles. The molecule has 1 amide bonds. The lowest BCUT2D eigenvalue weighted by Gasteiger charge is -2.08. The van der Waals surface area contributed by atoms with Crippen LogP contribution in [0.15, 0.2) is 30.3 Å². The predicted octanol–water partition coefficient (Wildman–Crippen LogP) is 1.13. The Hall–Kier alpha value is -1.76. The van der Waals surface area contributed by atoms with Crippen molar-refractivity contribution in [3.05, 3.63) is 30.3 Å². The zero-order chi connectivity index (χ0) is 12.7. The van der Waals surface area contributed by atoms with Crippen molar-refractivity contribution in [2.45, 2.75) is 6.92 Å². The van der Waals surface area contributed by atoms with E-state index < -0.39 is 22.0 Å². The monoisotopic (exact) mass is 258 g/mol. The van der Waals surface area contributed by atoms with Gasteiger partial charge in [0.15, 0.2) is 0 Å². The summed E-state index contributed by atoms with van der Waals surface area (Å²) in [5.41, 5.74) is 0.654. The topological polar surface area (TPSA) is 84.5 Å². The van der Waals surface area contributed by atoms with E-state index in [0.29, 0.717) is 5.69 Å². The number of sulfonamides is 1. The van der Waals surface area contributed by atoms with Crippen LogP contribution in [0.4, 0.5) is 10.5 Å². The first-order chi connectivity index (χ1) is 8.03. The van der Waals surface area contributed by atoms with E-state index in [9.17, 15) is 13.2 Å². The lowest BCUT2D eigenvalue weighted by atomic mass is 10.3. The van der Waals surface area contributed by atoms with Crippen molar-refractivity contribution < 1.29 is 17.9 Å². The second-order valence-electron chi connectivity index (χ2n) is 3.12. The predicted molar refractivity (Wildman–Crippen MR) is 64.0 cm³/mol. The van der Waals surface area contributed by atoms with Crippen LogP contribution < -0.4 is 10.0 Å². The van der Waals surface area contributed by atoms with Crippen LogP contribution in [0.2, 0.25) is 0 Å². The number of anilines is 1. The summed E-state index contributed by atoms with van der Waals surface area (Å²) < 4.78 is 29.1. The average Bonchev–Trinajstić information content (AvgIpc) is 2.27. The van der Waals surface area contributed by atoms with Crippen LogP contribution in [-0.2, 0) is 14.8 Å². The summed E-state index contributed by atoms with van der Waals surface area (Å²) in [4.78, 5) is 10.9. The molecule has 6 nitrogen and oxygen atoms in total. The molecule has 7 heteroatoms. The van der Waals surface area contributed by atoms with E-state index >= 15 is 0 Å². The van der Waals surface area contributed by atoms with Crippen LogP contribution in [-0.4, -0.2) is 27.0 Å². The van der Waals surface area contributed by atoms with Crippen molar-refractivity contribution in [3.8, 4) is 0 Å². The Morgan fingerprint density at radius 1 is 1.29 bits per heavy atom. The van der Waals surface area contributed by atoms with Crippen LogP contribution >= 0.6 is 0 Å². The Balaban J connectivity index is 2.48. The molecule has 0 fully saturated rings. The van der Waals surface area contributed by atoms with Crippen LogP contribution in [0.25, 0.3) is 0 Å². The van der Waals surface area contributed by atoms with Gasteiger partial charge in [-0.2, -0.15) is 0 Å². The van der Waals surface area contributed by atoms with Gasteiger partial charge in [0.25, 0.3) is 10.0 Å². The average molecular weight is 258 g/mol. The zero-order valence-electron chi connectivity index (χ0n) is 9.34. The maximum absolute atomic E-state index is 11.4. The molecule has 0 saturated carbocycles. The summed E-state index contributed by atoms with van der Waals surface area (Å²) in [5, 5.41) is 2.67. The Labute approximate surface area is 100 Å². The second kappa shape index (κ2) is 6.09. The SMILES string of the molecule is CCOC(=O)NS(=O)(=O)CNc1ccccc1. The number of benzene rings is 1. The van der Waals surface area contributed by atoms with Crippen molar-refractivity contribution in [3.63, 3.8) is 0 Å². The molecule has 0 saturated heterocycles. The smallest absolute Gasteiger partial charge is 0.420 e. The van der Waals surface area contributed by atoms with Gasteiger partial charge in [-0.15, -0.1) is 0 Å². The Morgan fingerprint density at radius 3 is 2.53 bits per heavy atom. The molecular formula is C10H14N2O4S. The highest BCUT2D eigenvalue weighted by atomic mass is 32.2. The van der Waals surface area contributed by atoms with Crippen molar-refractivity contribution in [2.24, 2.45) is 0 Å². The highest BCUT2D eigenvalue weighted by Crippen LogP contribution is 2.04. The van der Waals surface area contributed by atoms with E-state index in [1.165, 1.54) is 0 Å². The maximum atomic E-state index is 11.4. The standard InChI is InChI=1S/C10H14N2O4S/c1-2-16-10(13)12-17(14,15)8-11-9-6-4-3-5-7-9/h3-7,11H,2,8H2,1H3,(H,12,13).